The summed E-state index contributed by atoms with van der Waals surface area (Å²) in [5, 5.41) is 0.637. The largest absolute Gasteiger partial charge is 0.403 e. The number of nitrogens with zero attached hydrogens (tertiary/aromatic N) is 2. The van der Waals surface area contributed by atoms with E-state index in [4.69, 9.17) is 9.40 Å². The smallest absolute Gasteiger partial charge is 0.349 e. The van der Waals surface area contributed by atoms with Gasteiger partial charge in [-0.15, -0.1) is 0 Å². The molecule has 124 valence electrons. The Labute approximate surface area is 141 Å². The average Bonchev–Trinajstić information content (AvgIpc) is 2.88. The molecule has 0 saturated heterocycles. The summed E-state index contributed by atoms with van der Waals surface area (Å²) in [6.45, 7) is 4.09. The summed E-state index contributed by atoms with van der Waals surface area (Å²) in [7, 11) is 0. The summed E-state index contributed by atoms with van der Waals surface area (Å²) in [6.07, 6.45) is 6.11. The Kier molecular flexibility index (Phi) is 3.75. The van der Waals surface area contributed by atoms with Gasteiger partial charge in [-0.1, -0.05) is 37.5 Å². The summed E-state index contributed by atoms with van der Waals surface area (Å²) in [5.41, 5.74) is 3.47. The van der Waals surface area contributed by atoms with Crippen LogP contribution >= 0.6 is 0 Å². The van der Waals surface area contributed by atoms with Crippen molar-refractivity contribution < 1.29 is 4.42 Å². The van der Waals surface area contributed by atoms with Crippen molar-refractivity contribution in [3.63, 3.8) is 0 Å². The third kappa shape index (κ3) is 2.37. The third-order valence-corrected chi connectivity index (χ3v) is 5.29. The number of hydrogen-bond acceptors (Lipinski definition) is 3. The highest BCUT2D eigenvalue weighted by atomic mass is 16.4. The molecule has 0 amide bonds. The van der Waals surface area contributed by atoms with Crippen LogP contribution in [0.3, 0.4) is 0 Å². The van der Waals surface area contributed by atoms with Crippen LogP contribution in [-0.2, 0) is 0 Å². The van der Waals surface area contributed by atoms with Gasteiger partial charge in [-0.2, -0.15) is 4.98 Å². The van der Waals surface area contributed by atoms with Gasteiger partial charge >= 0.3 is 5.63 Å². The Morgan fingerprint density at radius 1 is 1.08 bits per heavy atom. The van der Waals surface area contributed by atoms with E-state index in [1.807, 2.05) is 37.3 Å². The molecule has 0 unspecified atom stereocenters. The van der Waals surface area contributed by atoms with Crippen LogP contribution < -0.4 is 5.63 Å². The highest BCUT2D eigenvalue weighted by molar-refractivity contribution is 5.82. The molecule has 0 aliphatic heterocycles. The fourth-order valence-corrected chi connectivity index (χ4v) is 3.91. The maximum Gasteiger partial charge on any atom is 0.349 e. The monoisotopic (exact) mass is 322 g/mol. The van der Waals surface area contributed by atoms with Crippen LogP contribution in [0.2, 0.25) is 0 Å². The molecule has 1 aromatic carbocycles. The van der Waals surface area contributed by atoms with E-state index in [0.29, 0.717) is 17.3 Å². The van der Waals surface area contributed by atoms with Crippen molar-refractivity contribution >= 4 is 11.0 Å². The van der Waals surface area contributed by atoms with Gasteiger partial charge in [0.25, 0.3) is 0 Å². The van der Waals surface area contributed by atoms with E-state index in [0.717, 1.165) is 35.3 Å². The molecule has 1 aliphatic carbocycles. The summed E-state index contributed by atoms with van der Waals surface area (Å²) < 4.78 is 7.82. The van der Waals surface area contributed by atoms with E-state index < -0.39 is 0 Å². The molecule has 2 aromatic heterocycles. The molecule has 4 rings (SSSR count). The van der Waals surface area contributed by atoms with Crippen molar-refractivity contribution in [2.24, 2.45) is 0 Å². The Hall–Kier alpha value is -2.36. The second kappa shape index (κ2) is 5.93. The number of fused-ring (bicyclic) bond motifs is 1. The molecule has 24 heavy (non-hydrogen) atoms. The van der Waals surface area contributed by atoms with Crippen LogP contribution in [0.4, 0.5) is 0 Å². The van der Waals surface area contributed by atoms with Crippen LogP contribution in [0.15, 0.2) is 39.5 Å². The maximum absolute atomic E-state index is 12.6. The molecule has 2 heterocycles. The summed E-state index contributed by atoms with van der Waals surface area (Å²) >= 11 is 0. The van der Waals surface area contributed by atoms with Gasteiger partial charge in [-0.3, -0.25) is 0 Å². The lowest BCUT2D eigenvalue weighted by Gasteiger charge is -2.25. The fraction of sp³-hybridized carbons (Fsp3) is 0.400. The standard InChI is InChI=1S/C20H22N2O2/c1-13-14(2)22(16-11-7-4-8-12-16)18-17(13)20(23)24-19(21-18)15-9-5-3-6-10-15/h3,5-6,9-10,16H,4,7-8,11-12H2,1-2H3. The maximum atomic E-state index is 12.6. The molecule has 1 aliphatic rings. The molecular formula is C20H22N2O2. The van der Waals surface area contributed by atoms with E-state index in [1.54, 1.807) is 0 Å². The molecule has 1 fully saturated rings. The van der Waals surface area contributed by atoms with E-state index in [9.17, 15) is 4.79 Å². The molecule has 0 spiro atoms. The molecule has 1 saturated carbocycles. The SMILES string of the molecule is Cc1c(C)n(C2CCCCC2)c2nc(-c3ccccc3)oc(=O)c12. The molecular weight excluding hydrogens is 300 g/mol. The number of aromatic nitrogens is 2. The number of hydrogen-bond donors (Lipinski definition) is 0. The lowest BCUT2D eigenvalue weighted by molar-refractivity contribution is 0.355. The zero-order valence-corrected chi connectivity index (χ0v) is 14.2. The minimum absolute atomic E-state index is 0.283. The molecule has 4 nitrogen and oxygen atoms in total. The second-order valence-electron chi connectivity index (χ2n) is 6.74. The molecule has 4 heteroatoms. The van der Waals surface area contributed by atoms with Crippen molar-refractivity contribution in [3.05, 3.63) is 52.0 Å². The second-order valence-corrected chi connectivity index (χ2v) is 6.74. The average molecular weight is 322 g/mol. The van der Waals surface area contributed by atoms with E-state index in [2.05, 4.69) is 11.5 Å². The van der Waals surface area contributed by atoms with Crippen LogP contribution in [0.25, 0.3) is 22.5 Å². The molecule has 0 atom stereocenters. The lowest BCUT2D eigenvalue weighted by atomic mass is 9.95. The van der Waals surface area contributed by atoms with E-state index in [-0.39, 0.29) is 5.63 Å². The van der Waals surface area contributed by atoms with Crippen molar-refractivity contribution in [1.29, 1.82) is 0 Å². The first kappa shape index (κ1) is 15.2. The quantitative estimate of drug-likeness (QED) is 0.682. The Morgan fingerprint density at radius 2 is 1.79 bits per heavy atom. The fourth-order valence-electron chi connectivity index (χ4n) is 3.91. The van der Waals surface area contributed by atoms with Crippen molar-refractivity contribution in [2.75, 3.05) is 0 Å². The van der Waals surface area contributed by atoms with E-state index in [1.165, 1.54) is 19.3 Å². The number of rotatable bonds is 2. The van der Waals surface area contributed by atoms with Crippen molar-refractivity contribution in [2.45, 2.75) is 52.0 Å². The lowest BCUT2D eigenvalue weighted by Crippen LogP contribution is -2.15. The van der Waals surface area contributed by atoms with Gasteiger partial charge in [-0.05, 0) is 44.4 Å². The van der Waals surface area contributed by atoms with Crippen LogP contribution in [0, 0.1) is 13.8 Å². The molecule has 3 aromatic rings. The zero-order chi connectivity index (χ0) is 16.7. The van der Waals surface area contributed by atoms with Crippen molar-refractivity contribution in [3.8, 4) is 11.5 Å². The number of benzene rings is 1. The zero-order valence-electron chi connectivity index (χ0n) is 14.2. The van der Waals surface area contributed by atoms with Gasteiger partial charge in [-0.25, -0.2) is 4.79 Å². The first-order valence-corrected chi connectivity index (χ1v) is 8.74. The topological polar surface area (TPSA) is 48.0 Å². The number of aryl methyl sites for hydroxylation is 1. The summed E-state index contributed by atoms with van der Waals surface area (Å²) in [6, 6.07) is 10.1. The van der Waals surface area contributed by atoms with Gasteiger partial charge in [0.15, 0.2) is 5.65 Å². The third-order valence-electron chi connectivity index (χ3n) is 5.29. The van der Waals surface area contributed by atoms with Crippen LogP contribution in [0.5, 0.6) is 0 Å². The predicted molar refractivity (Wildman–Crippen MR) is 95.3 cm³/mol. The Morgan fingerprint density at radius 3 is 2.50 bits per heavy atom. The summed E-state index contributed by atoms with van der Waals surface area (Å²) in [4.78, 5) is 17.4. The Balaban J connectivity index is 1.97. The first-order chi connectivity index (χ1) is 11.7. The van der Waals surface area contributed by atoms with Crippen molar-refractivity contribution in [1.82, 2.24) is 9.55 Å². The van der Waals surface area contributed by atoms with Gasteiger partial charge in [0.1, 0.15) is 5.39 Å². The van der Waals surface area contributed by atoms with Gasteiger partial charge in [0.05, 0.1) is 0 Å². The highest BCUT2D eigenvalue weighted by Crippen LogP contribution is 2.34. The minimum atomic E-state index is -0.283. The highest BCUT2D eigenvalue weighted by Gasteiger charge is 2.24. The van der Waals surface area contributed by atoms with Crippen LogP contribution in [-0.4, -0.2) is 9.55 Å². The predicted octanol–water partition coefficient (Wildman–Crippen LogP) is 4.78. The molecule has 0 bridgehead atoms. The molecule has 0 N–H and O–H groups in total. The first-order valence-electron chi connectivity index (χ1n) is 8.74. The Bertz CT molecular complexity index is 932. The van der Waals surface area contributed by atoms with Gasteiger partial charge < -0.3 is 8.98 Å². The normalized spacial score (nSPS) is 15.9. The van der Waals surface area contributed by atoms with E-state index >= 15 is 0 Å². The molecule has 0 radical (unpaired) electrons. The van der Waals surface area contributed by atoms with Gasteiger partial charge in [0.2, 0.25) is 5.89 Å². The van der Waals surface area contributed by atoms with Crippen LogP contribution in [0.1, 0.15) is 49.4 Å². The van der Waals surface area contributed by atoms with Gasteiger partial charge in [0, 0.05) is 17.3 Å². The minimum Gasteiger partial charge on any atom is -0.403 e. The summed E-state index contributed by atoms with van der Waals surface area (Å²) in [5.74, 6) is 0.405.